The van der Waals surface area contributed by atoms with Gasteiger partial charge in [-0.3, -0.25) is 4.79 Å². The Hall–Kier alpha value is -1.26. The van der Waals surface area contributed by atoms with Crippen LogP contribution in [0.3, 0.4) is 0 Å². The monoisotopic (exact) mass is 283 g/mol. The van der Waals surface area contributed by atoms with Gasteiger partial charge in [0, 0.05) is 37.1 Å². The molecule has 1 amide bonds. The van der Waals surface area contributed by atoms with Crippen LogP contribution in [-0.4, -0.2) is 42.2 Å². The van der Waals surface area contributed by atoms with Crippen LogP contribution in [0.5, 0.6) is 5.75 Å². The van der Waals surface area contributed by atoms with Gasteiger partial charge in [0.1, 0.15) is 5.75 Å². The minimum absolute atomic E-state index is 0.0868. The predicted molar refractivity (Wildman–Crippen MR) is 73.3 cm³/mol. The number of hydrogen-bond acceptors (Lipinski definition) is 3. The molecular formula is C14H18ClNO3. The Labute approximate surface area is 117 Å². The molecule has 1 atom stereocenters. The van der Waals surface area contributed by atoms with Crippen molar-refractivity contribution < 1.29 is 14.6 Å². The second-order valence-electron chi connectivity index (χ2n) is 4.75. The maximum absolute atomic E-state index is 11.6. The lowest BCUT2D eigenvalue weighted by Crippen LogP contribution is -2.27. The fourth-order valence-corrected chi connectivity index (χ4v) is 2.29. The molecule has 0 radical (unpaired) electrons. The molecule has 4 nitrogen and oxygen atoms in total. The van der Waals surface area contributed by atoms with Gasteiger partial charge in [-0.15, -0.1) is 0 Å². The normalized spacial score (nSPS) is 18.9. The quantitative estimate of drug-likeness (QED) is 0.812. The topological polar surface area (TPSA) is 49.8 Å². The van der Waals surface area contributed by atoms with E-state index in [2.05, 4.69) is 0 Å². The van der Waals surface area contributed by atoms with E-state index in [1.807, 2.05) is 12.1 Å². The number of carbonyl (C=O) groups excluding carboxylic acids is 1. The summed E-state index contributed by atoms with van der Waals surface area (Å²) in [6.45, 7) is 2.00. The van der Waals surface area contributed by atoms with Gasteiger partial charge in [-0.1, -0.05) is 11.6 Å². The zero-order valence-electron chi connectivity index (χ0n) is 10.7. The van der Waals surface area contributed by atoms with Gasteiger partial charge in [0.2, 0.25) is 5.91 Å². The number of carbonyl (C=O) groups is 1. The van der Waals surface area contributed by atoms with Gasteiger partial charge in [0.25, 0.3) is 0 Å². The van der Waals surface area contributed by atoms with E-state index >= 15 is 0 Å². The van der Waals surface area contributed by atoms with Crippen molar-refractivity contribution in [2.75, 3.05) is 26.3 Å². The number of rotatable bonds is 6. The van der Waals surface area contributed by atoms with Crippen molar-refractivity contribution in [3.8, 4) is 5.75 Å². The van der Waals surface area contributed by atoms with E-state index in [1.165, 1.54) is 0 Å². The highest BCUT2D eigenvalue weighted by atomic mass is 35.5. The number of ether oxygens (including phenoxy) is 1. The second-order valence-corrected chi connectivity index (χ2v) is 5.18. The number of benzene rings is 1. The van der Waals surface area contributed by atoms with E-state index in [0.717, 1.165) is 12.2 Å². The first-order chi connectivity index (χ1) is 9.19. The highest BCUT2D eigenvalue weighted by molar-refractivity contribution is 6.30. The van der Waals surface area contributed by atoms with Gasteiger partial charge < -0.3 is 14.7 Å². The van der Waals surface area contributed by atoms with Crippen LogP contribution in [-0.2, 0) is 4.79 Å². The van der Waals surface area contributed by atoms with Crippen LogP contribution in [0.25, 0.3) is 0 Å². The standard InChI is InChI=1S/C14H18ClNO3/c15-12-2-4-13(5-3-12)19-7-1-6-16-9-11(10-17)8-14(16)18/h2-5,11,17H,1,6-10H2/t11-/m0/s1. The van der Waals surface area contributed by atoms with Crippen LogP contribution in [0.2, 0.25) is 5.02 Å². The average Bonchev–Trinajstić information content (AvgIpc) is 2.77. The third-order valence-electron chi connectivity index (χ3n) is 3.21. The summed E-state index contributed by atoms with van der Waals surface area (Å²) in [4.78, 5) is 13.4. The molecule has 0 saturated carbocycles. The summed E-state index contributed by atoms with van der Waals surface area (Å²) in [6, 6.07) is 7.22. The van der Waals surface area contributed by atoms with Crippen molar-refractivity contribution >= 4 is 17.5 Å². The Balaban J connectivity index is 1.67. The van der Waals surface area contributed by atoms with E-state index in [9.17, 15) is 4.79 Å². The Morgan fingerprint density at radius 3 is 2.74 bits per heavy atom. The molecule has 0 aromatic heterocycles. The van der Waals surface area contributed by atoms with Crippen LogP contribution in [0.1, 0.15) is 12.8 Å². The largest absolute Gasteiger partial charge is 0.494 e. The average molecular weight is 284 g/mol. The number of amides is 1. The Bertz CT molecular complexity index is 421. The summed E-state index contributed by atoms with van der Waals surface area (Å²) in [5.74, 6) is 1.01. The fourth-order valence-electron chi connectivity index (χ4n) is 2.17. The zero-order valence-corrected chi connectivity index (χ0v) is 11.5. The van der Waals surface area contributed by atoms with Crippen molar-refractivity contribution in [3.05, 3.63) is 29.3 Å². The summed E-state index contributed by atoms with van der Waals surface area (Å²) in [7, 11) is 0. The molecule has 1 aliphatic heterocycles. The molecule has 1 aromatic carbocycles. The molecule has 1 fully saturated rings. The Morgan fingerprint density at radius 2 is 2.11 bits per heavy atom. The molecule has 19 heavy (non-hydrogen) atoms. The number of likely N-dealkylation sites (tertiary alicyclic amines) is 1. The van der Waals surface area contributed by atoms with Gasteiger partial charge >= 0.3 is 0 Å². The van der Waals surface area contributed by atoms with Crippen LogP contribution in [0.15, 0.2) is 24.3 Å². The highest BCUT2D eigenvalue weighted by Gasteiger charge is 2.28. The molecule has 1 saturated heterocycles. The molecular weight excluding hydrogens is 266 g/mol. The van der Waals surface area contributed by atoms with Crippen molar-refractivity contribution in [2.24, 2.45) is 5.92 Å². The SMILES string of the molecule is O=C1C[C@H](CO)CN1CCCOc1ccc(Cl)cc1. The molecule has 1 aromatic rings. The van der Waals surface area contributed by atoms with Gasteiger partial charge in [0.15, 0.2) is 0 Å². The predicted octanol–water partition coefficient (Wildman–Crippen LogP) is 1.95. The maximum atomic E-state index is 11.6. The number of aliphatic hydroxyl groups excluding tert-OH is 1. The van der Waals surface area contributed by atoms with Gasteiger partial charge in [0.05, 0.1) is 6.61 Å². The number of hydrogen-bond donors (Lipinski definition) is 1. The molecule has 5 heteroatoms. The van der Waals surface area contributed by atoms with Crippen LogP contribution < -0.4 is 4.74 Å². The van der Waals surface area contributed by atoms with Crippen molar-refractivity contribution in [1.82, 2.24) is 4.90 Å². The van der Waals surface area contributed by atoms with Crippen LogP contribution in [0, 0.1) is 5.92 Å². The maximum Gasteiger partial charge on any atom is 0.223 e. The molecule has 0 unspecified atom stereocenters. The summed E-state index contributed by atoms with van der Waals surface area (Å²) >= 11 is 5.78. The van der Waals surface area contributed by atoms with E-state index in [-0.39, 0.29) is 18.4 Å². The Kier molecular flexibility index (Phi) is 5.05. The molecule has 0 aliphatic carbocycles. The van der Waals surface area contributed by atoms with Crippen LogP contribution in [0.4, 0.5) is 0 Å². The number of nitrogens with zero attached hydrogens (tertiary/aromatic N) is 1. The molecule has 1 N–H and O–H groups in total. The third kappa shape index (κ3) is 4.11. The van der Waals surface area contributed by atoms with Crippen molar-refractivity contribution in [3.63, 3.8) is 0 Å². The first-order valence-corrected chi connectivity index (χ1v) is 6.84. The molecule has 0 spiro atoms. The number of halogens is 1. The highest BCUT2D eigenvalue weighted by Crippen LogP contribution is 2.18. The van der Waals surface area contributed by atoms with E-state index < -0.39 is 0 Å². The smallest absolute Gasteiger partial charge is 0.223 e. The first-order valence-electron chi connectivity index (χ1n) is 6.46. The Morgan fingerprint density at radius 1 is 1.37 bits per heavy atom. The molecule has 1 heterocycles. The molecule has 1 aliphatic rings. The third-order valence-corrected chi connectivity index (χ3v) is 3.46. The van der Waals surface area contributed by atoms with Crippen molar-refractivity contribution in [2.45, 2.75) is 12.8 Å². The lowest BCUT2D eigenvalue weighted by Gasteiger charge is -2.16. The summed E-state index contributed by atoms with van der Waals surface area (Å²) < 4.78 is 5.56. The van der Waals surface area contributed by atoms with Gasteiger partial charge in [-0.25, -0.2) is 0 Å². The second kappa shape index (κ2) is 6.78. The van der Waals surface area contributed by atoms with Crippen LogP contribution >= 0.6 is 11.6 Å². The number of aliphatic hydroxyl groups is 1. The molecule has 104 valence electrons. The molecule has 2 rings (SSSR count). The van der Waals surface area contributed by atoms with Crippen molar-refractivity contribution in [1.29, 1.82) is 0 Å². The van der Waals surface area contributed by atoms with Gasteiger partial charge in [-0.05, 0) is 30.7 Å². The summed E-state index contributed by atoms with van der Waals surface area (Å²) in [5, 5.41) is 9.72. The van der Waals surface area contributed by atoms with E-state index in [0.29, 0.717) is 31.1 Å². The fraction of sp³-hybridized carbons (Fsp3) is 0.500. The lowest BCUT2D eigenvalue weighted by molar-refractivity contribution is -0.127. The van der Waals surface area contributed by atoms with Gasteiger partial charge in [-0.2, -0.15) is 0 Å². The minimum atomic E-state index is 0.0868. The molecule has 0 bridgehead atoms. The summed E-state index contributed by atoms with van der Waals surface area (Å²) in [5.41, 5.74) is 0. The zero-order chi connectivity index (χ0) is 13.7. The van der Waals surface area contributed by atoms with E-state index in [4.69, 9.17) is 21.4 Å². The lowest BCUT2D eigenvalue weighted by atomic mass is 10.1. The first kappa shape index (κ1) is 14.2. The minimum Gasteiger partial charge on any atom is -0.494 e. The summed E-state index contributed by atoms with van der Waals surface area (Å²) in [6.07, 6.45) is 1.25. The van der Waals surface area contributed by atoms with E-state index in [1.54, 1.807) is 17.0 Å².